The zero-order valence-corrected chi connectivity index (χ0v) is 15.3. The lowest BCUT2D eigenvalue weighted by Gasteiger charge is -2.15. The standard InChI is InChI=1S/C16H18Cl2N2O4/c1-5-10-8(2)19-20(4)15(10)24-14-7-13(11(17)6-12(14)18)23-9(3)16(21)22/h6-7,9H,5H2,1-4H3,(H,21,22)/t9-/m0/s1. The molecule has 24 heavy (non-hydrogen) atoms. The Hall–Kier alpha value is -1.92. The number of benzene rings is 1. The third-order valence-electron chi connectivity index (χ3n) is 3.49. The molecule has 1 N–H and O–H groups in total. The van der Waals surface area contributed by atoms with Crippen molar-refractivity contribution in [2.45, 2.75) is 33.3 Å². The summed E-state index contributed by atoms with van der Waals surface area (Å²) >= 11 is 12.3. The largest absolute Gasteiger partial charge is 0.479 e. The molecule has 1 atom stereocenters. The van der Waals surface area contributed by atoms with Crippen molar-refractivity contribution in [3.05, 3.63) is 33.4 Å². The van der Waals surface area contributed by atoms with E-state index < -0.39 is 12.1 Å². The Morgan fingerprint density at radius 3 is 2.54 bits per heavy atom. The number of rotatable bonds is 6. The molecule has 0 saturated carbocycles. The molecule has 0 aliphatic rings. The molecule has 6 nitrogen and oxygen atoms in total. The van der Waals surface area contributed by atoms with Gasteiger partial charge in [0.05, 0.1) is 15.7 Å². The molecule has 8 heteroatoms. The first-order chi connectivity index (χ1) is 11.2. The quantitative estimate of drug-likeness (QED) is 0.820. The van der Waals surface area contributed by atoms with E-state index in [1.165, 1.54) is 19.1 Å². The van der Waals surface area contributed by atoms with Gasteiger partial charge in [0.2, 0.25) is 5.88 Å². The summed E-state index contributed by atoms with van der Waals surface area (Å²) in [6.45, 7) is 5.31. The van der Waals surface area contributed by atoms with Gasteiger partial charge in [0.15, 0.2) is 11.9 Å². The molecule has 1 heterocycles. The summed E-state index contributed by atoms with van der Waals surface area (Å²) in [4.78, 5) is 11.0. The minimum atomic E-state index is -1.10. The normalized spacial score (nSPS) is 12.1. The van der Waals surface area contributed by atoms with Gasteiger partial charge >= 0.3 is 5.97 Å². The van der Waals surface area contributed by atoms with Crippen molar-refractivity contribution in [2.75, 3.05) is 0 Å². The minimum absolute atomic E-state index is 0.183. The van der Waals surface area contributed by atoms with E-state index in [2.05, 4.69) is 5.10 Å². The van der Waals surface area contributed by atoms with Crippen LogP contribution in [-0.4, -0.2) is 27.0 Å². The maximum Gasteiger partial charge on any atom is 0.344 e. The average molecular weight is 373 g/mol. The maximum absolute atomic E-state index is 11.0. The highest BCUT2D eigenvalue weighted by Gasteiger charge is 2.19. The van der Waals surface area contributed by atoms with Crippen LogP contribution in [0.5, 0.6) is 17.4 Å². The third-order valence-corrected chi connectivity index (χ3v) is 4.08. The van der Waals surface area contributed by atoms with E-state index >= 15 is 0 Å². The Kier molecular flexibility index (Phi) is 5.62. The number of aliphatic carboxylic acids is 1. The highest BCUT2D eigenvalue weighted by Crippen LogP contribution is 2.39. The molecular weight excluding hydrogens is 355 g/mol. The minimum Gasteiger partial charge on any atom is -0.479 e. The number of hydrogen-bond acceptors (Lipinski definition) is 4. The molecule has 0 saturated heterocycles. The summed E-state index contributed by atoms with van der Waals surface area (Å²) in [7, 11) is 1.77. The Morgan fingerprint density at radius 1 is 1.33 bits per heavy atom. The number of ether oxygens (including phenoxy) is 2. The van der Waals surface area contributed by atoms with Crippen LogP contribution in [0.25, 0.3) is 0 Å². The van der Waals surface area contributed by atoms with Gasteiger partial charge in [-0.3, -0.25) is 0 Å². The van der Waals surface area contributed by atoms with Crippen molar-refractivity contribution < 1.29 is 19.4 Å². The van der Waals surface area contributed by atoms with E-state index in [0.29, 0.717) is 11.6 Å². The molecule has 0 bridgehead atoms. The van der Waals surface area contributed by atoms with E-state index in [-0.39, 0.29) is 15.8 Å². The maximum atomic E-state index is 11.0. The molecule has 1 aromatic carbocycles. The fourth-order valence-electron chi connectivity index (χ4n) is 2.24. The number of carboxylic acid groups (broad SMARTS) is 1. The number of hydrogen-bond donors (Lipinski definition) is 1. The van der Waals surface area contributed by atoms with Gasteiger partial charge in [0, 0.05) is 18.7 Å². The lowest BCUT2D eigenvalue weighted by molar-refractivity contribution is -0.144. The summed E-state index contributed by atoms with van der Waals surface area (Å²) < 4.78 is 12.9. The molecule has 0 radical (unpaired) electrons. The van der Waals surface area contributed by atoms with Crippen molar-refractivity contribution in [2.24, 2.45) is 7.05 Å². The fraction of sp³-hybridized carbons (Fsp3) is 0.375. The van der Waals surface area contributed by atoms with Crippen LogP contribution >= 0.6 is 23.2 Å². The Labute approximate surface area is 149 Å². The van der Waals surface area contributed by atoms with E-state index in [9.17, 15) is 4.79 Å². The average Bonchev–Trinajstić information content (AvgIpc) is 2.77. The van der Waals surface area contributed by atoms with Gasteiger partial charge in [0.25, 0.3) is 0 Å². The van der Waals surface area contributed by atoms with Crippen LogP contribution in [0.15, 0.2) is 12.1 Å². The number of carbonyl (C=O) groups is 1. The molecule has 2 rings (SSSR count). The van der Waals surface area contributed by atoms with Gasteiger partial charge in [0.1, 0.15) is 5.75 Å². The molecule has 0 fully saturated rings. The molecule has 0 unspecified atom stereocenters. The summed E-state index contributed by atoms with van der Waals surface area (Å²) in [5.74, 6) is -0.0373. The fourth-order valence-corrected chi connectivity index (χ4v) is 2.71. The number of halogens is 2. The number of carboxylic acids is 1. The highest BCUT2D eigenvalue weighted by atomic mass is 35.5. The third kappa shape index (κ3) is 3.76. The SMILES string of the molecule is CCc1c(C)nn(C)c1Oc1cc(O[C@@H](C)C(=O)O)c(Cl)cc1Cl. The number of aryl methyl sites for hydroxylation is 2. The van der Waals surface area contributed by atoms with Gasteiger partial charge in [-0.1, -0.05) is 30.1 Å². The summed E-state index contributed by atoms with van der Waals surface area (Å²) in [6, 6.07) is 2.93. The molecule has 0 amide bonds. The van der Waals surface area contributed by atoms with Gasteiger partial charge in [-0.15, -0.1) is 0 Å². The Bertz CT molecular complexity index is 774. The Morgan fingerprint density at radius 2 is 1.96 bits per heavy atom. The van der Waals surface area contributed by atoms with Crippen molar-refractivity contribution >= 4 is 29.2 Å². The van der Waals surface area contributed by atoms with Crippen molar-refractivity contribution in [1.82, 2.24) is 9.78 Å². The first-order valence-electron chi connectivity index (χ1n) is 7.33. The Balaban J connectivity index is 2.39. The zero-order chi connectivity index (χ0) is 18.0. The lowest BCUT2D eigenvalue weighted by atomic mass is 10.2. The number of aromatic nitrogens is 2. The van der Waals surface area contributed by atoms with E-state index in [1.54, 1.807) is 11.7 Å². The van der Waals surface area contributed by atoms with Crippen LogP contribution in [0, 0.1) is 6.92 Å². The molecule has 1 aromatic heterocycles. The second-order valence-electron chi connectivity index (χ2n) is 5.26. The van der Waals surface area contributed by atoms with Crippen molar-refractivity contribution in [1.29, 1.82) is 0 Å². The predicted octanol–water partition coefficient (Wildman–Crippen LogP) is 4.24. The van der Waals surface area contributed by atoms with E-state index in [4.69, 9.17) is 37.8 Å². The van der Waals surface area contributed by atoms with Crippen LogP contribution in [0.2, 0.25) is 10.0 Å². The molecule has 0 aliphatic heterocycles. The first-order valence-corrected chi connectivity index (χ1v) is 8.09. The van der Waals surface area contributed by atoms with Gasteiger partial charge in [-0.05, 0) is 26.3 Å². The van der Waals surface area contributed by atoms with Crippen molar-refractivity contribution in [3.63, 3.8) is 0 Å². The predicted molar refractivity (Wildman–Crippen MR) is 91.6 cm³/mol. The smallest absolute Gasteiger partial charge is 0.344 e. The molecule has 0 spiro atoms. The van der Waals surface area contributed by atoms with E-state index in [1.807, 2.05) is 13.8 Å². The highest BCUT2D eigenvalue weighted by molar-refractivity contribution is 6.36. The number of nitrogens with zero attached hydrogens (tertiary/aromatic N) is 2. The first kappa shape index (κ1) is 18.4. The van der Waals surface area contributed by atoms with Gasteiger partial charge in [-0.25, -0.2) is 9.48 Å². The molecule has 130 valence electrons. The van der Waals surface area contributed by atoms with Gasteiger partial charge in [-0.2, -0.15) is 5.10 Å². The van der Waals surface area contributed by atoms with Crippen LogP contribution in [0.3, 0.4) is 0 Å². The van der Waals surface area contributed by atoms with Crippen LogP contribution in [0.4, 0.5) is 0 Å². The second-order valence-corrected chi connectivity index (χ2v) is 6.07. The zero-order valence-electron chi connectivity index (χ0n) is 13.8. The summed E-state index contributed by atoms with van der Waals surface area (Å²) in [6.07, 6.45) is -0.304. The van der Waals surface area contributed by atoms with Crippen LogP contribution in [-0.2, 0) is 18.3 Å². The van der Waals surface area contributed by atoms with E-state index in [0.717, 1.165) is 17.7 Å². The molecule has 0 aliphatic carbocycles. The lowest BCUT2D eigenvalue weighted by Crippen LogP contribution is -2.23. The summed E-state index contributed by atoms with van der Waals surface area (Å²) in [5, 5.41) is 13.8. The monoisotopic (exact) mass is 372 g/mol. The summed E-state index contributed by atoms with van der Waals surface area (Å²) in [5.41, 5.74) is 1.83. The van der Waals surface area contributed by atoms with Crippen LogP contribution < -0.4 is 9.47 Å². The molecule has 2 aromatic rings. The van der Waals surface area contributed by atoms with Crippen LogP contribution in [0.1, 0.15) is 25.1 Å². The molecular formula is C16H18Cl2N2O4. The topological polar surface area (TPSA) is 73.6 Å². The van der Waals surface area contributed by atoms with Gasteiger partial charge < -0.3 is 14.6 Å². The second kappa shape index (κ2) is 7.32. The van der Waals surface area contributed by atoms with Crippen molar-refractivity contribution in [3.8, 4) is 17.4 Å².